The molecule has 0 spiro atoms. The Bertz CT molecular complexity index is 401. The molecule has 0 unspecified atom stereocenters. The van der Waals surface area contributed by atoms with Crippen molar-refractivity contribution >= 4 is 11.8 Å². The molecule has 0 radical (unpaired) electrons. The zero-order valence-corrected chi connectivity index (χ0v) is 10.4. The second-order valence-electron chi connectivity index (χ2n) is 3.88. The first-order chi connectivity index (χ1) is 8.63. The summed E-state index contributed by atoms with van der Waals surface area (Å²) in [6, 6.07) is 6.35. The summed E-state index contributed by atoms with van der Waals surface area (Å²) >= 11 is 0. The van der Waals surface area contributed by atoms with E-state index in [-0.39, 0.29) is 12.5 Å². The van der Waals surface area contributed by atoms with E-state index in [9.17, 15) is 9.59 Å². The monoisotopic (exact) mass is 250 g/mol. The van der Waals surface area contributed by atoms with Gasteiger partial charge in [0.1, 0.15) is 5.75 Å². The Morgan fingerprint density at radius 1 is 1.28 bits per heavy atom. The summed E-state index contributed by atoms with van der Waals surface area (Å²) in [5.74, 6) is -0.105. The largest absolute Gasteiger partial charge is 0.484 e. The molecule has 0 aromatic heterocycles. The second-order valence-corrected chi connectivity index (χ2v) is 3.88. The van der Waals surface area contributed by atoms with Gasteiger partial charge in [-0.2, -0.15) is 0 Å². The number of rotatable bonds is 7. The van der Waals surface area contributed by atoms with Gasteiger partial charge >= 0.3 is 0 Å². The molecule has 1 aromatic carbocycles. The number of ether oxygens (including phenoxy) is 1. The first-order valence-corrected chi connectivity index (χ1v) is 5.93. The smallest absolute Gasteiger partial charge is 0.257 e. The fraction of sp³-hybridized carbons (Fsp3) is 0.385. The number of nitrogens with two attached hydrogens (primary N) is 1. The molecule has 98 valence electrons. The van der Waals surface area contributed by atoms with E-state index in [1.165, 1.54) is 0 Å². The lowest BCUT2D eigenvalue weighted by Gasteiger charge is -2.07. The summed E-state index contributed by atoms with van der Waals surface area (Å²) < 4.78 is 5.27. The lowest BCUT2D eigenvalue weighted by atomic mass is 10.2. The molecule has 0 aliphatic rings. The van der Waals surface area contributed by atoms with Gasteiger partial charge in [0.25, 0.3) is 5.91 Å². The number of primary amides is 1. The van der Waals surface area contributed by atoms with E-state index in [2.05, 4.69) is 12.2 Å². The fourth-order valence-corrected chi connectivity index (χ4v) is 1.32. The highest BCUT2D eigenvalue weighted by Crippen LogP contribution is 2.11. The zero-order chi connectivity index (χ0) is 13.4. The van der Waals surface area contributed by atoms with Crippen LogP contribution in [0.3, 0.4) is 0 Å². The van der Waals surface area contributed by atoms with Gasteiger partial charge in [0.2, 0.25) is 5.91 Å². The van der Waals surface area contributed by atoms with Crippen molar-refractivity contribution in [2.45, 2.75) is 19.8 Å². The van der Waals surface area contributed by atoms with Crippen molar-refractivity contribution in [3.8, 4) is 5.75 Å². The minimum atomic E-state index is -0.487. The summed E-state index contributed by atoms with van der Waals surface area (Å²) in [6.45, 7) is 2.70. The molecule has 5 heteroatoms. The van der Waals surface area contributed by atoms with Crippen LogP contribution >= 0.6 is 0 Å². The van der Waals surface area contributed by atoms with Gasteiger partial charge in [-0.1, -0.05) is 13.3 Å². The Labute approximate surface area is 106 Å². The Hall–Kier alpha value is -2.04. The molecule has 18 heavy (non-hydrogen) atoms. The number of benzene rings is 1. The number of nitrogens with one attached hydrogen (secondary N) is 1. The van der Waals surface area contributed by atoms with Crippen molar-refractivity contribution in [1.82, 2.24) is 5.32 Å². The average Bonchev–Trinajstić information content (AvgIpc) is 2.37. The number of amides is 2. The van der Waals surface area contributed by atoms with Crippen molar-refractivity contribution in [3.05, 3.63) is 29.8 Å². The van der Waals surface area contributed by atoms with E-state index in [0.717, 1.165) is 12.8 Å². The van der Waals surface area contributed by atoms with Crippen LogP contribution in [0.5, 0.6) is 5.75 Å². The molecule has 0 atom stereocenters. The molecule has 0 saturated carbocycles. The Morgan fingerprint density at radius 3 is 2.50 bits per heavy atom. The van der Waals surface area contributed by atoms with Crippen molar-refractivity contribution in [3.63, 3.8) is 0 Å². The molecule has 3 N–H and O–H groups in total. The van der Waals surface area contributed by atoms with E-state index in [1.807, 2.05) is 0 Å². The van der Waals surface area contributed by atoms with Crippen molar-refractivity contribution in [2.75, 3.05) is 13.2 Å². The lowest BCUT2D eigenvalue weighted by Crippen LogP contribution is -2.29. The average molecular weight is 250 g/mol. The highest BCUT2D eigenvalue weighted by molar-refractivity contribution is 5.92. The Morgan fingerprint density at radius 2 is 1.94 bits per heavy atom. The van der Waals surface area contributed by atoms with Gasteiger partial charge < -0.3 is 15.8 Å². The molecule has 0 aliphatic heterocycles. The van der Waals surface area contributed by atoms with Crippen LogP contribution in [-0.2, 0) is 4.79 Å². The topological polar surface area (TPSA) is 81.4 Å². The predicted molar refractivity (Wildman–Crippen MR) is 68.4 cm³/mol. The van der Waals surface area contributed by atoms with Crippen LogP contribution in [0.4, 0.5) is 0 Å². The number of hydrogen-bond acceptors (Lipinski definition) is 3. The van der Waals surface area contributed by atoms with Crippen LogP contribution in [0, 0.1) is 0 Å². The minimum Gasteiger partial charge on any atom is -0.484 e. The van der Waals surface area contributed by atoms with Gasteiger partial charge in [-0.25, -0.2) is 0 Å². The van der Waals surface area contributed by atoms with E-state index in [4.69, 9.17) is 10.5 Å². The molecular formula is C13H18N2O3. The van der Waals surface area contributed by atoms with Crippen molar-refractivity contribution < 1.29 is 14.3 Å². The van der Waals surface area contributed by atoms with E-state index < -0.39 is 5.91 Å². The molecule has 2 amide bonds. The maximum Gasteiger partial charge on any atom is 0.257 e. The van der Waals surface area contributed by atoms with Crippen LogP contribution in [0.1, 0.15) is 30.1 Å². The summed E-state index contributed by atoms with van der Waals surface area (Å²) in [7, 11) is 0. The van der Waals surface area contributed by atoms with Crippen LogP contribution in [0.15, 0.2) is 24.3 Å². The van der Waals surface area contributed by atoms with Crippen LogP contribution in [-0.4, -0.2) is 25.0 Å². The molecule has 0 saturated heterocycles. The lowest BCUT2D eigenvalue weighted by molar-refractivity contribution is -0.123. The van der Waals surface area contributed by atoms with Crippen LogP contribution in [0.25, 0.3) is 0 Å². The molecular weight excluding hydrogens is 232 g/mol. The van der Waals surface area contributed by atoms with Gasteiger partial charge in [-0.05, 0) is 30.7 Å². The molecule has 0 fully saturated rings. The fourth-order valence-electron chi connectivity index (χ4n) is 1.32. The maximum atomic E-state index is 11.4. The first-order valence-electron chi connectivity index (χ1n) is 5.93. The molecule has 1 aromatic rings. The first kappa shape index (κ1) is 14.0. The summed E-state index contributed by atoms with van der Waals surface area (Å²) in [5, 5.41) is 2.75. The van der Waals surface area contributed by atoms with Gasteiger partial charge in [0.05, 0.1) is 0 Å². The third-order valence-electron chi connectivity index (χ3n) is 2.36. The van der Waals surface area contributed by atoms with E-state index in [1.54, 1.807) is 24.3 Å². The number of hydrogen-bond donors (Lipinski definition) is 2. The van der Waals surface area contributed by atoms with Crippen molar-refractivity contribution in [1.29, 1.82) is 0 Å². The molecule has 1 rings (SSSR count). The van der Waals surface area contributed by atoms with Gasteiger partial charge in [-0.15, -0.1) is 0 Å². The van der Waals surface area contributed by atoms with Crippen LogP contribution < -0.4 is 15.8 Å². The third-order valence-corrected chi connectivity index (χ3v) is 2.36. The quantitative estimate of drug-likeness (QED) is 0.710. The SMILES string of the molecule is CCCCNC(=O)COc1ccc(C(N)=O)cc1. The number of carbonyl (C=O) groups excluding carboxylic acids is 2. The Balaban J connectivity index is 2.34. The molecule has 0 heterocycles. The number of carbonyl (C=O) groups is 2. The number of unbranched alkanes of at least 4 members (excludes halogenated alkanes) is 1. The van der Waals surface area contributed by atoms with E-state index in [0.29, 0.717) is 17.9 Å². The molecule has 5 nitrogen and oxygen atoms in total. The molecule has 0 bridgehead atoms. The summed E-state index contributed by atoms with van der Waals surface area (Å²) in [4.78, 5) is 22.2. The second kappa shape index (κ2) is 7.32. The summed E-state index contributed by atoms with van der Waals surface area (Å²) in [6.07, 6.45) is 1.99. The highest BCUT2D eigenvalue weighted by atomic mass is 16.5. The summed E-state index contributed by atoms with van der Waals surface area (Å²) in [5.41, 5.74) is 5.52. The van der Waals surface area contributed by atoms with Gasteiger partial charge in [0.15, 0.2) is 6.61 Å². The highest BCUT2D eigenvalue weighted by Gasteiger charge is 2.03. The van der Waals surface area contributed by atoms with Gasteiger partial charge in [-0.3, -0.25) is 9.59 Å². The normalized spacial score (nSPS) is 9.83. The Kier molecular flexibility index (Phi) is 5.70. The molecule has 0 aliphatic carbocycles. The minimum absolute atomic E-state index is 0.0281. The predicted octanol–water partition coefficient (Wildman–Crippen LogP) is 1.08. The van der Waals surface area contributed by atoms with Crippen LogP contribution in [0.2, 0.25) is 0 Å². The standard InChI is InChI=1S/C13H18N2O3/c1-2-3-8-15-12(16)9-18-11-6-4-10(5-7-11)13(14)17/h4-7H,2-3,8-9H2,1H3,(H2,14,17)(H,15,16). The van der Waals surface area contributed by atoms with Gasteiger partial charge in [0, 0.05) is 12.1 Å². The van der Waals surface area contributed by atoms with E-state index >= 15 is 0 Å². The third kappa shape index (κ3) is 4.86. The maximum absolute atomic E-state index is 11.4. The van der Waals surface area contributed by atoms with Crippen molar-refractivity contribution in [2.24, 2.45) is 5.73 Å². The zero-order valence-electron chi connectivity index (χ0n) is 10.4.